The second-order valence-corrected chi connectivity index (χ2v) is 5.00. The first-order valence-electron chi connectivity index (χ1n) is 6.55. The van der Waals surface area contributed by atoms with Crippen LogP contribution >= 0.6 is 0 Å². The van der Waals surface area contributed by atoms with Gasteiger partial charge in [-0.2, -0.15) is 0 Å². The average Bonchev–Trinajstić information content (AvgIpc) is 2.91. The number of benzene rings is 1. The van der Waals surface area contributed by atoms with Crippen LogP contribution < -0.4 is 5.73 Å². The van der Waals surface area contributed by atoms with Crippen LogP contribution in [0, 0.1) is 11.6 Å². The van der Waals surface area contributed by atoms with E-state index in [-0.39, 0.29) is 18.6 Å². The van der Waals surface area contributed by atoms with Crippen molar-refractivity contribution in [1.82, 2.24) is 4.90 Å². The lowest BCUT2D eigenvalue weighted by atomic mass is 10.1. The van der Waals surface area contributed by atoms with Gasteiger partial charge in [0.05, 0.1) is 6.10 Å². The van der Waals surface area contributed by atoms with Crippen LogP contribution in [-0.4, -0.2) is 36.6 Å². The Balaban J connectivity index is 1.95. The fraction of sp³-hybridized carbons (Fsp3) is 0.500. The molecule has 0 unspecified atom stereocenters. The van der Waals surface area contributed by atoms with Crippen molar-refractivity contribution < 1.29 is 18.3 Å². The number of likely N-dealkylation sites (N-methyl/N-ethyl adjacent to an activating group) is 1. The molecule has 20 heavy (non-hydrogen) atoms. The molecular formula is C14H18F2N2O2. The van der Waals surface area contributed by atoms with Gasteiger partial charge in [-0.05, 0) is 30.5 Å². The normalized spacial score (nSPS) is 22.0. The summed E-state index contributed by atoms with van der Waals surface area (Å²) in [6.45, 7) is 0.611. The van der Waals surface area contributed by atoms with Crippen molar-refractivity contribution in [3.05, 3.63) is 35.4 Å². The maximum Gasteiger partial charge on any atom is 0.251 e. The van der Waals surface area contributed by atoms with Gasteiger partial charge >= 0.3 is 0 Å². The third-order valence-corrected chi connectivity index (χ3v) is 3.43. The van der Waals surface area contributed by atoms with Gasteiger partial charge in [0.2, 0.25) is 0 Å². The molecule has 1 amide bonds. The first-order chi connectivity index (χ1) is 9.51. The molecule has 2 N–H and O–H groups in total. The molecule has 1 heterocycles. The predicted molar refractivity (Wildman–Crippen MR) is 69.8 cm³/mol. The van der Waals surface area contributed by atoms with Crippen LogP contribution in [0.25, 0.3) is 0 Å². The summed E-state index contributed by atoms with van der Waals surface area (Å²) < 4.78 is 31.5. The van der Waals surface area contributed by atoms with Gasteiger partial charge < -0.3 is 15.4 Å². The van der Waals surface area contributed by atoms with Crippen molar-refractivity contribution in [2.24, 2.45) is 5.73 Å². The Morgan fingerprint density at radius 2 is 2.15 bits per heavy atom. The van der Waals surface area contributed by atoms with Crippen LogP contribution in [0.4, 0.5) is 8.78 Å². The van der Waals surface area contributed by atoms with Gasteiger partial charge in [-0.15, -0.1) is 0 Å². The summed E-state index contributed by atoms with van der Waals surface area (Å²) >= 11 is 0. The van der Waals surface area contributed by atoms with E-state index in [9.17, 15) is 13.6 Å². The third-order valence-electron chi connectivity index (χ3n) is 3.43. The molecule has 0 radical (unpaired) electrons. The number of halogens is 2. The highest BCUT2D eigenvalue weighted by Crippen LogP contribution is 2.21. The van der Waals surface area contributed by atoms with E-state index in [1.165, 1.54) is 11.0 Å². The lowest BCUT2D eigenvalue weighted by molar-refractivity contribution is -0.141. The van der Waals surface area contributed by atoms with Gasteiger partial charge in [-0.3, -0.25) is 4.79 Å². The Hall–Kier alpha value is -1.53. The molecule has 1 fully saturated rings. The minimum Gasteiger partial charge on any atom is -0.364 e. The number of amides is 1. The van der Waals surface area contributed by atoms with Crippen molar-refractivity contribution in [1.29, 1.82) is 0 Å². The molecule has 0 saturated carbocycles. The number of carbonyl (C=O) groups excluding carboxylic acids is 1. The van der Waals surface area contributed by atoms with Gasteiger partial charge in [0.25, 0.3) is 5.91 Å². The highest BCUT2D eigenvalue weighted by molar-refractivity contribution is 5.81. The van der Waals surface area contributed by atoms with E-state index in [2.05, 4.69) is 0 Å². The number of carbonyl (C=O) groups is 1. The number of nitrogens with zero attached hydrogens (tertiary/aromatic N) is 1. The SMILES string of the molecule is CN(Cc1ccc(F)c(F)c1)C(=O)[C@@H]1CC[C@H](CN)O1. The largest absolute Gasteiger partial charge is 0.364 e. The molecule has 1 aromatic carbocycles. The number of hydrogen-bond acceptors (Lipinski definition) is 3. The average molecular weight is 284 g/mol. The molecule has 4 nitrogen and oxygen atoms in total. The summed E-state index contributed by atoms with van der Waals surface area (Å²) in [5, 5.41) is 0. The molecule has 1 aliphatic heterocycles. The summed E-state index contributed by atoms with van der Waals surface area (Å²) in [5.74, 6) is -1.97. The second kappa shape index (κ2) is 6.28. The monoisotopic (exact) mass is 284 g/mol. The van der Waals surface area contributed by atoms with Crippen molar-refractivity contribution >= 4 is 5.91 Å². The summed E-state index contributed by atoms with van der Waals surface area (Å²) in [4.78, 5) is 13.6. The van der Waals surface area contributed by atoms with Crippen LogP contribution in [0.5, 0.6) is 0 Å². The molecule has 0 aromatic heterocycles. The van der Waals surface area contributed by atoms with Gasteiger partial charge in [0, 0.05) is 20.1 Å². The van der Waals surface area contributed by atoms with E-state index in [4.69, 9.17) is 10.5 Å². The van der Waals surface area contributed by atoms with E-state index >= 15 is 0 Å². The highest BCUT2D eigenvalue weighted by Gasteiger charge is 2.31. The van der Waals surface area contributed by atoms with Crippen molar-refractivity contribution in [3.63, 3.8) is 0 Å². The topological polar surface area (TPSA) is 55.6 Å². The quantitative estimate of drug-likeness (QED) is 0.910. The number of rotatable bonds is 4. The molecular weight excluding hydrogens is 266 g/mol. The molecule has 110 valence electrons. The molecule has 1 aromatic rings. The number of ether oxygens (including phenoxy) is 1. The maximum atomic E-state index is 13.1. The maximum absolute atomic E-state index is 13.1. The Morgan fingerprint density at radius 3 is 2.75 bits per heavy atom. The van der Waals surface area contributed by atoms with E-state index in [0.29, 0.717) is 18.5 Å². The van der Waals surface area contributed by atoms with E-state index in [0.717, 1.165) is 18.6 Å². The number of nitrogens with two attached hydrogens (primary N) is 1. The molecule has 0 bridgehead atoms. The van der Waals surface area contributed by atoms with Crippen molar-refractivity contribution in [2.75, 3.05) is 13.6 Å². The zero-order valence-corrected chi connectivity index (χ0v) is 11.3. The minimum atomic E-state index is -0.913. The summed E-state index contributed by atoms with van der Waals surface area (Å²) in [6.07, 6.45) is 0.855. The van der Waals surface area contributed by atoms with Crippen molar-refractivity contribution in [3.8, 4) is 0 Å². The van der Waals surface area contributed by atoms with E-state index in [1.807, 2.05) is 0 Å². The summed E-state index contributed by atoms with van der Waals surface area (Å²) in [7, 11) is 1.61. The molecule has 2 atom stereocenters. The van der Waals surface area contributed by atoms with E-state index in [1.54, 1.807) is 7.05 Å². The zero-order chi connectivity index (χ0) is 14.7. The molecule has 1 saturated heterocycles. The molecule has 1 aliphatic rings. The van der Waals surface area contributed by atoms with Crippen molar-refractivity contribution in [2.45, 2.75) is 31.6 Å². The first kappa shape index (κ1) is 14.9. The molecule has 6 heteroatoms. The number of hydrogen-bond donors (Lipinski definition) is 1. The van der Waals surface area contributed by atoms with Gasteiger partial charge in [-0.25, -0.2) is 8.78 Å². The first-order valence-corrected chi connectivity index (χ1v) is 6.55. The zero-order valence-electron chi connectivity index (χ0n) is 11.3. The van der Waals surface area contributed by atoms with Crippen LogP contribution in [0.1, 0.15) is 18.4 Å². The second-order valence-electron chi connectivity index (χ2n) is 5.00. The Labute approximate surface area is 116 Å². The van der Waals surface area contributed by atoms with Crippen LogP contribution in [0.3, 0.4) is 0 Å². The summed E-state index contributed by atoms with van der Waals surface area (Å²) in [5.41, 5.74) is 6.03. The lowest BCUT2D eigenvalue weighted by Crippen LogP contribution is -2.36. The van der Waals surface area contributed by atoms with Crippen LogP contribution in [0.2, 0.25) is 0 Å². The van der Waals surface area contributed by atoms with Gasteiger partial charge in [0.15, 0.2) is 11.6 Å². The Morgan fingerprint density at radius 1 is 1.40 bits per heavy atom. The minimum absolute atomic E-state index is 0.0689. The Kier molecular flexibility index (Phi) is 4.67. The molecule has 0 spiro atoms. The highest BCUT2D eigenvalue weighted by atomic mass is 19.2. The van der Waals surface area contributed by atoms with Gasteiger partial charge in [-0.1, -0.05) is 6.07 Å². The predicted octanol–water partition coefficient (Wildman–Crippen LogP) is 1.43. The Bertz CT molecular complexity index is 496. The fourth-order valence-electron chi connectivity index (χ4n) is 2.30. The third kappa shape index (κ3) is 3.32. The smallest absolute Gasteiger partial charge is 0.251 e. The standard InChI is InChI=1S/C14H18F2N2O2/c1-18(8-9-2-4-11(15)12(16)6-9)14(19)13-5-3-10(7-17)20-13/h2,4,6,10,13H,3,5,7-8,17H2,1H3/t10-,13+/m1/s1. The fourth-order valence-corrected chi connectivity index (χ4v) is 2.30. The van der Waals surface area contributed by atoms with Crippen LogP contribution in [-0.2, 0) is 16.1 Å². The molecule has 0 aliphatic carbocycles. The van der Waals surface area contributed by atoms with Gasteiger partial charge in [0.1, 0.15) is 6.10 Å². The lowest BCUT2D eigenvalue weighted by Gasteiger charge is -2.21. The van der Waals surface area contributed by atoms with E-state index < -0.39 is 17.7 Å². The summed E-state index contributed by atoms with van der Waals surface area (Å²) in [6, 6.07) is 3.61. The van der Waals surface area contributed by atoms with Crippen LogP contribution in [0.15, 0.2) is 18.2 Å². The molecule has 2 rings (SSSR count).